The zero-order valence-corrected chi connectivity index (χ0v) is 7.67. The highest BCUT2D eigenvalue weighted by atomic mass is 14.7. The van der Waals surface area contributed by atoms with Crippen LogP contribution in [0.3, 0.4) is 0 Å². The largest absolute Gasteiger partial charge is 0.397 e. The maximum Gasteiger partial charge on any atom is 0.113 e. The van der Waals surface area contributed by atoms with Crippen LogP contribution in [0.2, 0.25) is 0 Å². The Morgan fingerprint density at radius 3 is 2.92 bits per heavy atom. The quantitative estimate of drug-likeness (QED) is 0.617. The van der Waals surface area contributed by atoms with E-state index in [9.17, 15) is 0 Å². The van der Waals surface area contributed by atoms with Crippen LogP contribution in [0.1, 0.15) is 17.7 Å². The molecule has 1 heterocycles. The van der Waals surface area contributed by atoms with Gasteiger partial charge in [-0.3, -0.25) is 0 Å². The molecule has 0 saturated heterocycles. The molecule has 1 aromatic heterocycles. The Morgan fingerprint density at radius 2 is 2.31 bits per heavy atom. The summed E-state index contributed by atoms with van der Waals surface area (Å²) in [5, 5.41) is 0. The number of hydrogen-bond acceptors (Lipinski definition) is 3. The second-order valence-electron chi connectivity index (χ2n) is 2.77. The van der Waals surface area contributed by atoms with Gasteiger partial charge >= 0.3 is 0 Å². The molecule has 0 bridgehead atoms. The molecule has 0 fully saturated rings. The van der Waals surface area contributed by atoms with Crippen molar-refractivity contribution in [2.24, 2.45) is 5.73 Å². The summed E-state index contributed by atoms with van der Waals surface area (Å²) >= 11 is 0. The van der Waals surface area contributed by atoms with Crippen molar-refractivity contribution in [1.29, 1.82) is 0 Å². The van der Waals surface area contributed by atoms with E-state index in [2.05, 4.69) is 16.8 Å². The van der Waals surface area contributed by atoms with Crippen LogP contribution in [0.4, 0.5) is 5.69 Å². The molecule has 0 aromatic carbocycles. The molecule has 13 heavy (non-hydrogen) atoms. The molecule has 68 valence electrons. The van der Waals surface area contributed by atoms with E-state index in [1.54, 1.807) is 6.20 Å². The lowest BCUT2D eigenvalue weighted by molar-refractivity contribution is 1.03. The molecule has 4 N–H and O–H groups in total. The summed E-state index contributed by atoms with van der Waals surface area (Å²) in [6.07, 6.45) is 2.33. The second kappa shape index (κ2) is 4.48. The number of aromatic nitrogens is 1. The molecule has 0 spiro atoms. The third-order valence-electron chi connectivity index (χ3n) is 1.64. The lowest BCUT2D eigenvalue weighted by Crippen LogP contribution is -1.96. The summed E-state index contributed by atoms with van der Waals surface area (Å²) in [7, 11) is 0. The van der Waals surface area contributed by atoms with E-state index in [1.807, 2.05) is 13.0 Å². The SMILES string of the molecule is Cc1cc(C#CCCN)ncc1N. The molecule has 0 amide bonds. The standard InChI is InChI=1S/C10H13N3/c1-8-6-9(4-2-3-5-11)13-7-10(8)12/h6-7H,3,5,11-12H2,1H3. The summed E-state index contributed by atoms with van der Waals surface area (Å²) < 4.78 is 0. The van der Waals surface area contributed by atoms with Gasteiger partial charge in [0, 0.05) is 13.0 Å². The van der Waals surface area contributed by atoms with Gasteiger partial charge in [0.05, 0.1) is 11.9 Å². The van der Waals surface area contributed by atoms with Crippen molar-refractivity contribution in [3.05, 3.63) is 23.5 Å². The summed E-state index contributed by atoms with van der Waals surface area (Å²) in [5.74, 6) is 5.84. The monoisotopic (exact) mass is 175 g/mol. The molecule has 0 radical (unpaired) electrons. The topological polar surface area (TPSA) is 64.9 Å². The van der Waals surface area contributed by atoms with E-state index in [1.165, 1.54) is 0 Å². The molecule has 0 atom stereocenters. The molecular formula is C10H13N3. The van der Waals surface area contributed by atoms with Gasteiger partial charge in [0.1, 0.15) is 5.69 Å². The first-order valence-electron chi connectivity index (χ1n) is 4.15. The Morgan fingerprint density at radius 1 is 1.54 bits per heavy atom. The van der Waals surface area contributed by atoms with Gasteiger partial charge in [-0.2, -0.15) is 0 Å². The van der Waals surface area contributed by atoms with Crippen molar-refractivity contribution < 1.29 is 0 Å². The first-order valence-corrected chi connectivity index (χ1v) is 4.15. The summed E-state index contributed by atoms with van der Waals surface area (Å²) in [4.78, 5) is 4.07. The molecule has 0 unspecified atom stereocenters. The van der Waals surface area contributed by atoms with Crippen molar-refractivity contribution >= 4 is 5.69 Å². The van der Waals surface area contributed by atoms with Crippen LogP contribution in [-0.2, 0) is 0 Å². The van der Waals surface area contributed by atoms with Crippen LogP contribution < -0.4 is 11.5 Å². The fourth-order valence-corrected chi connectivity index (χ4v) is 0.860. The minimum Gasteiger partial charge on any atom is -0.397 e. The van der Waals surface area contributed by atoms with Crippen LogP contribution in [0.5, 0.6) is 0 Å². The number of nitrogen functional groups attached to an aromatic ring is 1. The van der Waals surface area contributed by atoms with E-state index in [4.69, 9.17) is 11.5 Å². The lowest BCUT2D eigenvalue weighted by atomic mass is 10.2. The number of hydrogen-bond donors (Lipinski definition) is 2. The summed E-state index contributed by atoms with van der Waals surface area (Å²) in [6.45, 7) is 2.52. The Kier molecular flexibility index (Phi) is 3.30. The van der Waals surface area contributed by atoms with Crippen LogP contribution in [0, 0.1) is 18.8 Å². The van der Waals surface area contributed by atoms with Gasteiger partial charge in [-0.25, -0.2) is 4.98 Å². The smallest absolute Gasteiger partial charge is 0.113 e. The molecular weight excluding hydrogens is 162 g/mol. The van der Waals surface area contributed by atoms with E-state index >= 15 is 0 Å². The number of aryl methyl sites for hydroxylation is 1. The van der Waals surface area contributed by atoms with Gasteiger partial charge in [0.15, 0.2) is 0 Å². The number of rotatable bonds is 1. The van der Waals surface area contributed by atoms with Gasteiger partial charge in [-0.05, 0) is 24.5 Å². The summed E-state index contributed by atoms with van der Waals surface area (Å²) in [5.41, 5.74) is 13.4. The minimum atomic E-state index is 0.584. The molecule has 1 aromatic rings. The van der Waals surface area contributed by atoms with Crippen molar-refractivity contribution in [2.75, 3.05) is 12.3 Å². The van der Waals surface area contributed by atoms with Gasteiger partial charge in [0.2, 0.25) is 0 Å². The van der Waals surface area contributed by atoms with Crippen LogP contribution in [0.25, 0.3) is 0 Å². The van der Waals surface area contributed by atoms with Crippen molar-refractivity contribution in [1.82, 2.24) is 4.98 Å². The van der Waals surface area contributed by atoms with Gasteiger partial charge in [0.25, 0.3) is 0 Å². The Bertz CT molecular complexity index is 347. The average Bonchev–Trinajstić information content (AvgIpc) is 2.12. The van der Waals surface area contributed by atoms with Crippen LogP contribution in [-0.4, -0.2) is 11.5 Å². The van der Waals surface area contributed by atoms with Gasteiger partial charge in [-0.1, -0.05) is 5.92 Å². The first kappa shape index (κ1) is 9.56. The van der Waals surface area contributed by atoms with Crippen LogP contribution in [0.15, 0.2) is 12.3 Å². The maximum absolute atomic E-state index is 5.61. The average molecular weight is 175 g/mol. The number of nitrogens with zero attached hydrogens (tertiary/aromatic N) is 1. The number of nitrogens with two attached hydrogens (primary N) is 2. The minimum absolute atomic E-state index is 0.584. The number of anilines is 1. The van der Waals surface area contributed by atoms with E-state index < -0.39 is 0 Å². The highest BCUT2D eigenvalue weighted by Gasteiger charge is 1.93. The second-order valence-corrected chi connectivity index (χ2v) is 2.77. The summed E-state index contributed by atoms with van der Waals surface area (Å²) in [6, 6.07) is 1.87. The first-order chi connectivity index (χ1) is 6.24. The fourth-order valence-electron chi connectivity index (χ4n) is 0.860. The van der Waals surface area contributed by atoms with Crippen LogP contribution >= 0.6 is 0 Å². The van der Waals surface area contributed by atoms with Crippen molar-refractivity contribution in [3.8, 4) is 11.8 Å². The molecule has 0 aliphatic heterocycles. The Labute approximate surface area is 78.2 Å². The third-order valence-corrected chi connectivity index (χ3v) is 1.64. The highest BCUT2D eigenvalue weighted by Crippen LogP contribution is 2.08. The van der Waals surface area contributed by atoms with E-state index in [0.29, 0.717) is 18.7 Å². The molecule has 3 heteroatoms. The van der Waals surface area contributed by atoms with E-state index in [0.717, 1.165) is 11.3 Å². The molecule has 0 aliphatic rings. The fraction of sp³-hybridized carbons (Fsp3) is 0.300. The third kappa shape index (κ3) is 2.77. The molecule has 0 aliphatic carbocycles. The molecule has 0 saturated carbocycles. The van der Waals surface area contributed by atoms with Gasteiger partial charge < -0.3 is 11.5 Å². The van der Waals surface area contributed by atoms with Gasteiger partial charge in [-0.15, -0.1) is 0 Å². The Hall–Kier alpha value is -1.53. The Balaban J connectivity index is 2.81. The normalized spacial score (nSPS) is 9.08. The maximum atomic E-state index is 5.61. The predicted molar refractivity (Wildman–Crippen MR) is 53.9 cm³/mol. The highest BCUT2D eigenvalue weighted by molar-refractivity contribution is 5.46. The molecule has 1 rings (SSSR count). The molecule has 3 nitrogen and oxygen atoms in total. The zero-order valence-electron chi connectivity index (χ0n) is 7.67. The van der Waals surface area contributed by atoms with Crippen molar-refractivity contribution in [2.45, 2.75) is 13.3 Å². The van der Waals surface area contributed by atoms with E-state index in [-0.39, 0.29) is 0 Å². The van der Waals surface area contributed by atoms with Crippen molar-refractivity contribution in [3.63, 3.8) is 0 Å². The predicted octanol–water partition coefficient (Wildman–Crippen LogP) is 0.673. The zero-order chi connectivity index (χ0) is 9.68. The number of pyridine rings is 1. The lowest BCUT2D eigenvalue weighted by Gasteiger charge is -1.97.